The summed E-state index contributed by atoms with van der Waals surface area (Å²) in [6.45, 7) is 7.31. The molecule has 0 aromatic heterocycles. The van der Waals surface area contributed by atoms with Gasteiger partial charge < -0.3 is 14.7 Å². The van der Waals surface area contributed by atoms with Gasteiger partial charge in [0, 0.05) is 25.6 Å². The lowest BCUT2D eigenvalue weighted by Gasteiger charge is -2.26. The van der Waals surface area contributed by atoms with Gasteiger partial charge in [0.2, 0.25) is 5.91 Å². The zero-order chi connectivity index (χ0) is 15.7. The van der Waals surface area contributed by atoms with Gasteiger partial charge in [-0.3, -0.25) is 4.79 Å². The van der Waals surface area contributed by atoms with Crippen LogP contribution in [0.15, 0.2) is 24.3 Å². The zero-order valence-electron chi connectivity index (χ0n) is 13.3. The first-order valence-corrected chi connectivity index (χ1v) is 7.71. The quantitative estimate of drug-likeness (QED) is 0.761. The Hall–Kier alpha value is -1.55. The first kappa shape index (κ1) is 17.5. The summed E-state index contributed by atoms with van der Waals surface area (Å²) in [4.78, 5) is 14.2. The number of aliphatic hydroxyl groups is 1. The number of carbonyl (C=O) groups excluding carboxylic acids is 1. The van der Waals surface area contributed by atoms with E-state index in [1.54, 1.807) is 0 Å². The number of ether oxygens (including phenoxy) is 1. The number of hydrogen-bond donors (Lipinski definition) is 1. The van der Waals surface area contributed by atoms with Gasteiger partial charge in [-0.15, -0.1) is 0 Å². The second-order valence-electron chi connectivity index (χ2n) is 5.30. The number of nitrogens with zero attached hydrogens (tertiary/aromatic N) is 1. The Morgan fingerprint density at radius 3 is 2.67 bits per heavy atom. The van der Waals surface area contributed by atoms with Gasteiger partial charge in [0.05, 0.1) is 6.61 Å². The van der Waals surface area contributed by atoms with Gasteiger partial charge in [0.1, 0.15) is 5.75 Å². The summed E-state index contributed by atoms with van der Waals surface area (Å²) in [5.74, 6) is 0.990. The lowest BCUT2D eigenvalue weighted by Crippen LogP contribution is -2.38. The highest BCUT2D eigenvalue weighted by atomic mass is 16.5. The van der Waals surface area contributed by atoms with E-state index in [-0.39, 0.29) is 18.6 Å². The van der Waals surface area contributed by atoms with Crippen molar-refractivity contribution in [2.45, 2.75) is 46.1 Å². The number of amides is 1. The van der Waals surface area contributed by atoms with Crippen LogP contribution in [0, 0.1) is 0 Å². The summed E-state index contributed by atoms with van der Waals surface area (Å²) in [5.41, 5.74) is 1.07. The molecular weight excluding hydrogens is 266 g/mol. The monoisotopic (exact) mass is 293 g/mol. The summed E-state index contributed by atoms with van der Waals surface area (Å²) in [6, 6.07) is 8.01. The van der Waals surface area contributed by atoms with E-state index in [4.69, 9.17) is 9.84 Å². The average molecular weight is 293 g/mol. The molecule has 1 amide bonds. The predicted octanol–water partition coefficient (Wildman–Crippen LogP) is 2.64. The maximum Gasteiger partial charge on any atom is 0.223 e. The van der Waals surface area contributed by atoms with Gasteiger partial charge in [-0.25, -0.2) is 0 Å². The van der Waals surface area contributed by atoms with E-state index in [0.717, 1.165) is 11.3 Å². The van der Waals surface area contributed by atoms with Crippen molar-refractivity contribution >= 4 is 5.91 Å². The molecule has 1 aromatic carbocycles. The normalized spacial score (nSPS) is 10.7. The Kier molecular flexibility index (Phi) is 7.83. The van der Waals surface area contributed by atoms with Crippen molar-refractivity contribution in [2.24, 2.45) is 0 Å². The minimum atomic E-state index is 0.115. The van der Waals surface area contributed by atoms with Crippen molar-refractivity contribution in [1.82, 2.24) is 4.90 Å². The van der Waals surface area contributed by atoms with Crippen LogP contribution in [0.3, 0.4) is 0 Å². The molecule has 1 N–H and O–H groups in total. The van der Waals surface area contributed by atoms with E-state index < -0.39 is 0 Å². The van der Waals surface area contributed by atoms with Crippen molar-refractivity contribution in [3.63, 3.8) is 0 Å². The summed E-state index contributed by atoms with van der Waals surface area (Å²) in [6.07, 6.45) is 1.77. The molecule has 118 valence electrons. The lowest BCUT2D eigenvalue weighted by atomic mass is 10.1. The Morgan fingerprint density at radius 1 is 1.33 bits per heavy atom. The van der Waals surface area contributed by atoms with Crippen LogP contribution >= 0.6 is 0 Å². The number of aliphatic hydroxyl groups excluding tert-OH is 1. The topological polar surface area (TPSA) is 49.8 Å². The number of para-hydroxylation sites is 1. The lowest BCUT2D eigenvalue weighted by molar-refractivity contribution is -0.133. The highest BCUT2D eigenvalue weighted by Gasteiger charge is 2.16. The van der Waals surface area contributed by atoms with Crippen LogP contribution in [0.2, 0.25) is 0 Å². The molecule has 1 aromatic rings. The van der Waals surface area contributed by atoms with Crippen LogP contribution in [-0.4, -0.2) is 41.7 Å². The summed E-state index contributed by atoms with van der Waals surface area (Å²) < 4.78 is 5.58. The van der Waals surface area contributed by atoms with E-state index in [2.05, 4.69) is 0 Å². The average Bonchev–Trinajstić information content (AvgIpc) is 2.46. The van der Waals surface area contributed by atoms with E-state index >= 15 is 0 Å². The highest BCUT2D eigenvalue weighted by molar-refractivity contribution is 5.76. The SMILES string of the molecule is CCOc1ccccc1CCC(=O)N(CCCO)C(C)C. The van der Waals surface area contributed by atoms with Crippen molar-refractivity contribution in [3.05, 3.63) is 29.8 Å². The van der Waals surface area contributed by atoms with Crippen LogP contribution in [0.1, 0.15) is 39.2 Å². The van der Waals surface area contributed by atoms with E-state index in [0.29, 0.717) is 32.4 Å². The molecule has 0 unspecified atom stereocenters. The van der Waals surface area contributed by atoms with E-state index in [1.165, 1.54) is 0 Å². The van der Waals surface area contributed by atoms with Crippen LogP contribution in [-0.2, 0) is 11.2 Å². The molecule has 0 aliphatic carbocycles. The molecule has 4 nitrogen and oxygen atoms in total. The van der Waals surface area contributed by atoms with Crippen LogP contribution < -0.4 is 4.74 Å². The molecule has 0 heterocycles. The molecule has 0 aliphatic rings. The fourth-order valence-corrected chi connectivity index (χ4v) is 2.30. The molecule has 1 rings (SSSR count). The van der Waals surface area contributed by atoms with Gasteiger partial charge in [-0.05, 0) is 45.2 Å². The minimum absolute atomic E-state index is 0.115. The molecule has 0 spiro atoms. The fourth-order valence-electron chi connectivity index (χ4n) is 2.30. The molecule has 0 fully saturated rings. The van der Waals surface area contributed by atoms with Gasteiger partial charge >= 0.3 is 0 Å². The van der Waals surface area contributed by atoms with Crippen LogP contribution in [0.25, 0.3) is 0 Å². The molecular formula is C17H27NO3. The summed E-state index contributed by atoms with van der Waals surface area (Å²) >= 11 is 0. The van der Waals surface area contributed by atoms with E-state index in [1.807, 2.05) is 49.9 Å². The van der Waals surface area contributed by atoms with Crippen LogP contribution in [0.4, 0.5) is 0 Å². The third-order valence-corrected chi connectivity index (χ3v) is 3.38. The fraction of sp³-hybridized carbons (Fsp3) is 0.588. The number of carbonyl (C=O) groups is 1. The molecule has 0 radical (unpaired) electrons. The maximum absolute atomic E-state index is 12.3. The number of hydrogen-bond acceptors (Lipinski definition) is 3. The Labute approximate surface area is 127 Å². The van der Waals surface area contributed by atoms with Gasteiger partial charge in [-0.1, -0.05) is 18.2 Å². The number of rotatable bonds is 9. The molecule has 0 saturated heterocycles. The molecule has 0 aliphatic heterocycles. The zero-order valence-corrected chi connectivity index (χ0v) is 13.3. The van der Waals surface area contributed by atoms with Crippen molar-refractivity contribution < 1.29 is 14.6 Å². The standard InChI is InChI=1S/C17H27NO3/c1-4-21-16-9-6-5-8-15(16)10-11-17(20)18(14(2)3)12-7-13-19/h5-6,8-9,14,19H,4,7,10-13H2,1-3H3. The predicted molar refractivity (Wildman–Crippen MR) is 84.5 cm³/mol. The third-order valence-electron chi connectivity index (χ3n) is 3.38. The van der Waals surface area contributed by atoms with Crippen molar-refractivity contribution in [1.29, 1.82) is 0 Å². The maximum atomic E-state index is 12.3. The second-order valence-corrected chi connectivity index (χ2v) is 5.30. The Bertz CT molecular complexity index is 432. The van der Waals surface area contributed by atoms with Crippen LogP contribution in [0.5, 0.6) is 5.75 Å². The summed E-state index contributed by atoms with van der Waals surface area (Å²) in [5, 5.41) is 8.93. The number of benzene rings is 1. The first-order valence-electron chi connectivity index (χ1n) is 7.71. The Morgan fingerprint density at radius 2 is 2.05 bits per heavy atom. The minimum Gasteiger partial charge on any atom is -0.494 e. The van der Waals surface area contributed by atoms with Crippen molar-refractivity contribution in [2.75, 3.05) is 19.8 Å². The molecule has 21 heavy (non-hydrogen) atoms. The second kappa shape index (κ2) is 9.40. The van der Waals surface area contributed by atoms with Gasteiger partial charge in [0.25, 0.3) is 0 Å². The first-order chi connectivity index (χ1) is 10.1. The smallest absolute Gasteiger partial charge is 0.223 e. The third kappa shape index (κ3) is 5.76. The van der Waals surface area contributed by atoms with Gasteiger partial charge in [0.15, 0.2) is 0 Å². The molecule has 0 atom stereocenters. The largest absolute Gasteiger partial charge is 0.494 e. The van der Waals surface area contributed by atoms with Crippen molar-refractivity contribution in [3.8, 4) is 5.75 Å². The highest BCUT2D eigenvalue weighted by Crippen LogP contribution is 2.20. The van der Waals surface area contributed by atoms with Gasteiger partial charge in [-0.2, -0.15) is 0 Å². The molecule has 0 saturated carbocycles. The molecule has 4 heteroatoms. The Balaban J connectivity index is 2.62. The number of aryl methyl sites for hydroxylation is 1. The molecule has 0 bridgehead atoms. The summed E-state index contributed by atoms with van der Waals surface area (Å²) in [7, 11) is 0. The van der Waals surface area contributed by atoms with E-state index in [9.17, 15) is 4.79 Å².